The molecule has 1 N–H and O–H groups in total. The molecular formula is C19H19ClN2O4. The summed E-state index contributed by atoms with van der Waals surface area (Å²) in [6, 6.07) is 12.1. The monoisotopic (exact) mass is 374 g/mol. The number of ether oxygens (including phenoxy) is 2. The highest BCUT2D eigenvalue weighted by Crippen LogP contribution is 2.18. The molecule has 0 saturated carbocycles. The molecule has 0 aliphatic heterocycles. The Bertz CT molecular complexity index is 821. The Balaban J connectivity index is 2.01. The Kier molecular flexibility index (Phi) is 7.17. The second-order valence-electron chi connectivity index (χ2n) is 5.31. The molecule has 0 aliphatic carbocycles. The lowest BCUT2D eigenvalue weighted by atomic mass is 10.1. The van der Waals surface area contributed by atoms with Gasteiger partial charge in [-0.2, -0.15) is 5.10 Å². The fraction of sp³-hybridized carbons (Fsp3) is 0.211. The van der Waals surface area contributed by atoms with Crippen LogP contribution in [0.1, 0.15) is 28.4 Å². The highest BCUT2D eigenvalue weighted by atomic mass is 35.5. The summed E-state index contributed by atoms with van der Waals surface area (Å²) >= 11 is 6.07. The third kappa shape index (κ3) is 5.60. The summed E-state index contributed by atoms with van der Waals surface area (Å²) in [6.45, 7) is 3.70. The van der Waals surface area contributed by atoms with Crippen molar-refractivity contribution in [3.8, 4) is 5.75 Å². The van der Waals surface area contributed by atoms with Crippen LogP contribution in [0.15, 0.2) is 47.6 Å². The summed E-state index contributed by atoms with van der Waals surface area (Å²) in [5.41, 5.74) is 4.32. The number of nitrogens with one attached hydrogen (secondary N) is 1. The number of hydrogen-bond acceptors (Lipinski definition) is 5. The van der Waals surface area contributed by atoms with Gasteiger partial charge in [-0.3, -0.25) is 4.79 Å². The van der Waals surface area contributed by atoms with E-state index in [0.29, 0.717) is 28.5 Å². The zero-order valence-corrected chi connectivity index (χ0v) is 15.2. The number of rotatable bonds is 7. The van der Waals surface area contributed by atoms with Gasteiger partial charge in [-0.25, -0.2) is 10.2 Å². The molecule has 1 amide bonds. The standard InChI is InChI=1S/C19H19ClN2O4/c1-3-25-18(23)12-26-17-7-5-4-6-14(17)11-21-22-19(24)15-9-8-13(2)10-16(15)20/h4-11H,3,12H2,1-2H3,(H,22,24)/b21-11-. The molecule has 2 aromatic carbocycles. The Morgan fingerprint density at radius 3 is 2.73 bits per heavy atom. The molecule has 7 heteroatoms. The number of halogens is 1. The predicted octanol–water partition coefficient (Wildman–Crippen LogP) is 3.35. The van der Waals surface area contributed by atoms with Crippen molar-refractivity contribution in [1.29, 1.82) is 0 Å². The fourth-order valence-electron chi connectivity index (χ4n) is 2.08. The van der Waals surface area contributed by atoms with Crippen LogP contribution in [0.2, 0.25) is 5.02 Å². The van der Waals surface area contributed by atoms with Crippen LogP contribution in [0.25, 0.3) is 0 Å². The molecule has 2 aromatic rings. The number of hydrazone groups is 1. The largest absolute Gasteiger partial charge is 0.481 e. The third-order valence-corrected chi connectivity index (χ3v) is 3.62. The minimum Gasteiger partial charge on any atom is -0.481 e. The number of carbonyl (C=O) groups is 2. The van der Waals surface area contributed by atoms with E-state index >= 15 is 0 Å². The lowest BCUT2D eigenvalue weighted by Crippen LogP contribution is -2.18. The first kappa shape index (κ1) is 19.5. The highest BCUT2D eigenvalue weighted by Gasteiger charge is 2.10. The molecule has 0 saturated heterocycles. The van der Waals surface area contributed by atoms with E-state index in [1.165, 1.54) is 6.21 Å². The van der Waals surface area contributed by atoms with E-state index in [1.807, 2.05) is 6.92 Å². The van der Waals surface area contributed by atoms with Crippen molar-refractivity contribution in [3.63, 3.8) is 0 Å². The van der Waals surface area contributed by atoms with Crippen molar-refractivity contribution >= 4 is 29.7 Å². The maximum atomic E-state index is 12.1. The van der Waals surface area contributed by atoms with Crippen molar-refractivity contribution < 1.29 is 19.1 Å². The Hall–Kier alpha value is -2.86. The normalized spacial score (nSPS) is 10.6. The summed E-state index contributed by atoms with van der Waals surface area (Å²) in [5.74, 6) is -0.426. The lowest BCUT2D eigenvalue weighted by Gasteiger charge is -2.08. The molecule has 0 aromatic heterocycles. The first-order chi connectivity index (χ1) is 12.5. The summed E-state index contributed by atoms with van der Waals surface area (Å²) in [4.78, 5) is 23.5. The van der Waals surface area contributed by atoms with Crippen molar-refractivity contribution in [2.75, 3.05) is 13.2 Å². The van der Waals surface area contributed by atoms with Crippen molar-refractivity contribution in [1.82, 2.24) is 5.43 Å². The van der Waals surface area contributed by atoms with Crippen LogP contribution in [0.3, 0.4) is 0 Å². The van der Waals surface area contributed by atoms with Gasteiger partial charge in [-0.15, -0.1) is 0 Å². The summed E-state index contributed by atoms with van der Waals surface area (Å²) in [7, 11) is 0. The van der Waals surface area contributed by atoms with E-state index in [1.54, 1.807) is 49.4 Å². The van der Waals surface area contributed by atoms with Gasteiger partial charge in [0.25, 0.3) is 5.91 Å². The van der Waals surface area contributed by atoms with E-state index in [-0.39, 0.29) is 6.61 Å². The average Bonchev–Trinajstić information content (AvgIpc) is 2.61. The quantitative estimate of drug-likeness (QED) is 0.458. The van der Waals surface area contributed by atoms with Gasteiger partial charge in [0.05, 0.1) is 23.4 Å². The zero-order chi connectivity index (χ0) is 18.9. The Morgan fingerprint density at radius 1 is 1.23 bits per heavy atom. The molecule has 0 radical (unpaired) electrons. The topological polar surface area (TPSA) is 77.0 Å². The van der Waals surface area contributed by atoms with Gasteiger partial charge >= 0.3 is 5.97 Å². The maximum absolute atomic E-state index is 12.1. The number of esters is 1. The van der Waals surface area contributed by atoms with Crippen molar-refractivity contribution in [2.45, 2.75) is 13.8 Å². The van der Waals surface area contributed by atoms with Crippen LogP contribution in [-0.4, -0.2) is 31.3 Å². The summed E-state index contributed by atoms with van der Waals surface area (Å²) in [6.07, 6.45) is 1.43. The van der Waals surface area contributed by atoms with Crippen molar-refractivity contribution in [3.05, 3.63) is 64.2 Å². The molecule has 0 spiro atoms. The molecule has 2 rings (SSSR count). The molecule has 0 atom stereocenters. The molecule has 26 heavy (non-hydrogen) atoms. The van der Waals surface area contributed by atoms with E-state index in [4.69, 9.17) is 21.1 Å². The second kappa shape index (κ2) is 9.58. The molecule has 0 heterocycles. The minimum atomic E-state index is -0.457. The fourth-order valence-corrected chi connectivity index (χ4v) is 2.40. The molecule has 0 aliphatic rings. The molecule has 136 valence electrons. The first-order valence-electron chi connectivity index (χ1n) is 7.98. The average molecular weight is 375 g/mol. The van der Waals surface area contributed by atoms with Gasteiger partial charge in [0.2, 0.25) is 0 Å². The summed E-state index contributed by atoms with van der Waals surface area (Å²) < 4.78 is 10.2. The number of amides is 1. The third-order valence-electron chi connectivity index (χ3n) is 3.31. The van der Waals surface area contributed by atoms with Crippen LogP contribution in [0, 0.1) is 6.92 Å². The van der Waals surface area contributed by atoms with Crippen LogP contribution in [0.4, 0.5) is 0 Å². The van der Waals surface area contributed by atoms with Gasteiger partial charge in [-0.1, -0.05) is 29.8 Å². The number of carbonyl (C=O) groups excluding carboxylic acids is 2. The SMILES string of the molecule is CCOC(=O)COc1ccccc1/C=N\NC(=O)c1ccc(C)cc1Cl. The van der Waals surface area contributed by atoms with E-state index < -0.39 is 11.9 Å². The van der Waals surface area contributed by atoms with Gasteiger partial charge in [0.15, 0.2) is 6.61 Å². The molecule has 0 bridgehead atoms. The number of aryl methyl sites for hydroxylation is 1. The zero-order valence-electron chi connectivity index (χ0n) is 14.5. The van der Waals surface area contributed by atoms with Crippen LogP contribution in [0.5, 0.6) is 5.75 Å². The molecule has 0 unspecified atom stereocenters. The number of benzene rings is 2. The van der Waals surface area contributed by atoms with E-state index in [2.05, 4.69) is 10.5 Å². The van der Waals surface area contributed by atoms with E-state index in [9.17, 15) is 9.59 Å². The maximum Gasteiger partial charge on any atom is 0.344 e. The van der Waals surface area contributed by atoms with Crippen LogP contribution < -0.4 is 10.2 Å². The molecule has 6 nitrogen and oxygen atoms in total. The van der Waals surface area contributed by atoms with Crippen LogP contribution in [-0.2, 0) is 9.53 Å². The number of nitrogens with zero attached hydrogens (tertiary/aromatic N) is 1. The number of hydrogen-bond donors (Lipinski definition) is 1. The van der Waals surface area contributed by atoms with Crippen molar-refractivity contribution in [2.24, 2.45) is 5.10 Å². The lowest BCUT2D eigenvalue weighted by molar-refractivity contribution is -0.145. The minimum absolute atomic E-state index is 0.204. The smallest absolute Gasteiger partial charge is 0.344 e. The number of para-hydroxylation sites is 1. The van der Waals surface area contributed by atoms with E-state index in [0.717, 1.165) is 5.56 Å². The first-order valence-corrected chi connectivity index (χ1v) is 8.36. The van der Waals surface area contributed by atoms with Gasteiger partial charge in [-0.05, 0) is 43.7 Å². The second-order valence-corrected chi connectivity index (χ2v) is 5.72. The Labute approximate surface area is 156 Å². The van der Waals surface area contributed by atoms with Gasteiger partial charge in [0, 0.05) is 5.56 Å². The molecular weight excluding hydrogens is 356 g/mol. The van der Waals surface area contributed by atoms with Gasteiger partial charge < -0.3 is 9.47 Å². The van der Waals surface area contributed by atoms with Gasteiger partial charge in [0.1, 0.15) is 5.75 Å². The summed E-state index contributed by atoms with van der Waals surface area (Å²) in [5, 5.41) is 4.28. The predicted molar refractivity (Wildman–Crippen MR) is 99.8 cm³/mol. The highest BCUT2D eigenvalue weighted by molar-refractivity contribution is 6.33. The van der Waals surface area contributed by atoms with Crippen LogP contribution >= 0.6 is 11.6 Å². The Morgan fingerprint density at radius 2 is 2.00 bits per heavy atom. The molecule has 0 fully saturated rings.